The molecule has 7 heteroatoms. The number of ether oxygens (including phenoxy) is 2. The lowest BCUT2D eigenvalue weighted by atomic mass is 9.72. The zero-order valence-corrected chi connectivity index (χ0v) is 15.1. The fourth-order valence-electron chi connectivity index (χ4n) is 3.61. The molecule has 1 spiro atoms. The topological polar surface area (TPSA) is 88.1 Å². The predicted molar refractivity (Wildman–Crippen MR) is 88.5 cm³/mol. The Kier molecular flexibility index (Phi) is 5.75. The lowest BCUT2D eigenvalue weighted by Gasteiger charge is -2.38. The number of amides is 2. The van der Waals surface area contributed by atoms with Crippen molar-refractivity contribution >= 4 is 12.0 Å². The molecule has 0 radical (unpaired) electrons. The van der Waals surface area contributed by atoms with Gasteiger partial charge in [0.2, 0.25) is 0 Å². The number of likely N-dealkylation sites (tertiary alicyclic amines) is 1. The maximum atomic E-state index is 12.2. The molecule has 2 N–H and O–H groups in total. The van der Waals surface area contributed by atoms with Gasteiger partial charge >= 0.3 is 6.09 Å². The maximum absolute atomic E-state index is 12.2. The third-order valence-electron chi connectivity index (χ3n) is 4.86. The van der Waals surface area contributed by atoms with E-state index >= 15 is 0 Å². The van der Waals surface area contributed by atoms with Crippen molar-refractivity contribution in [2.24, 2.45) is 11.3 Å². The van der Waals surface area contributed by atoms with E-state index in [0.717, 1.165) is 12.8 Å². The van der Waals surface area contributed by atoms with Gasteiger partial charge in [0.05, 0.1) is 0 Å². The molecule has 2 atom stereocenters. The number of aliphatic hydroxyl groups excluding tert-OH is 1. The van der Waals surface area contributed by atoms with E-state index in [1.54, 1.807) is 4.90 Å². The lowest BCUT2D eigenvalue weighted by molar-refractivity contribution is -0.138. The van der Waals surface area contributed by atoms with E-state index in [4.69, 9.17) is 9.47 Å². The van der Waals surface area contributed by atoms with Crippen LogP contribution in [0.5, 0.6) is 0 Å². The Morgan fingerprint density at radius 3 is 2.54 bits per heavy atom. The minimum Gasteiger partial charge on any atom is -0.444 e. The van der Waals surface area contributed by atoms with E-state index in [1.165, 1.54) is 6.92 Å². The van der Waals surface area contributed by atoms with Crippen LogP contribution in [0.4, 0.5) is 4.79 Å². The van der Waals surface area contributed by atoms with Gasteiger partial charge in [0.25, 0.3) is 5.91 Å². The number of carbonyl (C=O) groups excluding carboxylic acids is 2. The Labute approximate surface area is 143 Å². The van der Waals surface area contributed by atoms with Gasteiger partial charge in [-0.1, -0.05) is 0 Å². The highest BCUT2D eigenvalue weighted by Gasteiger charge is 2.48. The molecular formula is C17H30N2O5. The van der Waals surface area contributed by atoms with Crippen LogP contribution in [0.3, 0.4) is 0 Å². The molecular weight excluding hydrogens is 312 g/mol. The molecule has 24 heavy (non-hydrogen) atoms. The largest absolute Gasteiger partial charge is 0.444 e. The molecule has 2 aliphatic heterocycles. The first-order chi connectivity index (χ1) is 11.1. The highest BCUT2D eigenvalue weighted by atomic mass is 16.6. The van der Waals surface area contributed by atoms with E-state index in [0.29, 0.717) is 32.8 Å². The molecule has 2 unspecified atom stereocenters. The van der Waals surface area contributed by atoms with Gasteiger partial charge in [-0.15, -0.1) is 0 Å². The van der Waals surface area contributed by atoms with Crippen LogP contribution in [0.15, 0.2) is 0 Å². The normalized spacial score (nSPS) is 24.7. The Balaban J connectivity index is 2.02. The van der Waals surface area contributed by atoms with Gasteiger partial charge in [-0.2, -0.15) is 0 Å². The molecule has 138 valence electrons. The van der Waals surface area contributed by atoms with Crippen LogP contribution in [0.25, 0.3) is 0 Å². The van der Waals surface area contributed by atoms with Crippen molar-refractivity contribution in [3.05, 3.63) is 0 Å². The van der Waals surface area contributed by atoms with E-state index in [-0.39, 0.29) is 17.2 Å². The van der Waals surface area contributed by atoms with Gasteiger partial charge in [-0.25, -0.2) is 4.79 Å². The van der Waals surface area contributed by atoms with E-state index in [2.05, 4.69) is 5.32 Å². The van der Waals surface area contributed by atoms with Crippen LogP contribution < -0.4 is 5.32 Å². The van der Waals surface area contributed by atoms with Crippen LogP contribution in [0, 0.1) is 11.3 Å². The molecule has 2 amide bonds. The highest BCUT2D eigenvalue weighted by molar-refractivity contribution is 5.80. The number of hydrogen-bond acceptors (Lipinski definition) is 5. The van der Waals surface area contributed by atoms with Crippen molar-refractivity contribution in [1.82, 2.24) is 10.2 Å². The lowest BCUT2D eigenvalue weighted by Crippen LogP contribution is -2.43. The van der Waals surface area contributed by atoms with Gasteiger partial charge in [-0.3, -0.25) is 4.79 Å². The second kappa shape index (κ2) is 7.27. The number of nitrogens with zero attached hydrogens (tertiary/aromatic N) is 1. The summed E-state index contributed by atoms with van der Waals surface area (Å²) in [7, 11) is 0. The smallest absolute Gasteiger partial charge is 0.407 e. The quantitative estimate of drug-likeness (QED) is 0.803. The first-order valence-corrected chi connectivity index (χ1v) is 8.64. The third kappa shape index (κ3) is 4.60. The monoisotopic (exact) mass is 342 g/mol. The number of hydrogen-bond donors (Lipinski definition) is 2. The standard InChI is InChI=1S/C17H30N2O5/c1-12(20)14(21)19-10-13(9-18-15(22)24-16(2,3)4)17(11-19)5-7-23-8-6-17/h12-13,20H,5-11H2,1-4H3,(H,18,22). The van der Waals surface area contributed by atoms with Gasteiger partial charge in [-0.05, 0) is 46.0 Å². The average molecular weight is 342 g/mol. The molecule has 0 aromatic rings. The van der Waals surface area contributed by atoms with Crippen molar-refractivity contribution in [2.75, 3.05) is 32.8 Å². The zero-order valence-electron chi connectivity index (χ0n) is 15.1. The van der Waals surface area contributed by atoms with Crippen molar-refractivity contribution in [1.29, 1.82) is 0 Å². The maximum Gasteiger partial charge on any atom is 0.407 e. The third-order valence-corrected chi connectivity index (χ3v) is 4.86. The Bertz CT molecular complexity index is 466. The minimum atomic E-state index is -1.00. The zero-order chi connectivity index (χ0) is 18.0. The molecule has 2 heterocycles. The van der Waals surface area contributed by atoms with Crippen LogP contribution in [-0.4, -0.2) is 66.6 Å². The fourth-order valence-corrected chi connectivity index (χ4v) is 3.61. The number of aliphatic hydroxyl groups is 1. The summed E-state index contributed by atoms with van der Waals surface area (Å²) in [6.07, 6.45) is 0.276. The summed E-state index contributed by atoms with van der Waals surface area (Å²) in [5.74, 6) is -0.114. The van der Waals surface area contributed by atoms with Crippen molar-refractivity contribution in [2.45, 2.75) is 52.2 Å². The second-order valence-corrected chi connectivity index (χ2v) is 7.95. The molecule has 2 rings (SSSR count). The summed E-state index contributed by atoms with van der Waals surface area (Å²) in [5, 5.41) is 12.4. The first kappa shape index (κ1) is 19.0. The summed E-state index contributed by atoms with van der Waals surface area (Å²) < 4.78 is 10.8. The van der Waals surface area contributed by atoms with E-state index in [9.17, 15) is 14.7 Å². The molecule has 7 nitrogen and oxygen atoms in total. The van der Waals surface area contributed by atoms with Crippen LogP contribution >= 0.6 is 0 Å². The predicted octanol–water partition coefficient (Wildman–Crippen LogP) is 1.15. The van der Waals surface area contributed by atoms with Crippen LogP contribution in [0.2, 0.25) is 0 Å². The molecule has 2 fully saturated rings. The highest BCUT2D eigenvalue weighted by Crippen LogP contribution is 2.44. The van der Waals surface area contributed by atoms with Crippen molar-refractivity contribution in [3.63, 3.8) is 0 Å². The summed E-state index contributed by atoms with van der Waals surface area (Å²) in [6, 6.07) is 0. The van der Waals surface area contributed by atoms with Gasteiger partial charge in [0, 0.05) is 38.8 Å². The number of rotatable bonds is 3. The molecule has 0 aromatic carbocycles. The number of nitrogens with one attached hydrogen (secondary N) is 1. The van der Waals surface area contributed by atoms with Gasteiger partial charge in [0.15, 0.2) is 0 Å². The summed E-state index contributed by atoms with van der Waals surface area (Å²) in [5.41, 5.74) is -0.595. The second-order valence-electron chi connectivity index (χ2n) is 7.95. The van der Waals surface area contributed by atoms with Crippen LogP contribution in [0.1, 0.15) is 40.5 Å². The SMILES string of the molecule is CC(O)C(=O)N1CC(CNC(=O)OC(C)(C)C)C2(CCOCC2)C1. The fraction of sp³-hybridized carbons (Fsp3) is 0.882. The molecule has 0 saturated carbocycles. The Hall–Kier alpha value is -1.34. The molecule has 2 saturated heterocycles. The van der Waals surface area contributed by atoms with Crippen molar-refractivity contribution in [3.8, 4) is 0 Å². The number of carbonyl (C=O) groups is 2. The van der Waals surface area contributed by atoms with Crippen LogP contribution in [-0.2, 0) is 14.3 Å². The first-order valence-electron chi connectivity index (χ1n) is 8.64. The molecule has 0 bridgehead atoms. The average Bonchev–Trinajstić information content (AvgIpc) is 2.81. The van der Waals surface area contributed by atoms with Gasteiger partial charge < -0.3 is 24.8 Å². The summed E-state index contributed by atoms with van der Waals surface area (Å²) >= 11 is 0. The Morgan fingerprint density at radius 2 is 2.00 bits per heavy atom. The summed E-state index contributed by atoms with van der Waals surface area (Å²) in [4.78, 5) is 25.8. The van der Waals surface area contributed by atoms with Crippen molar-refractivity contribution < 1.29 is 24.2 Å². The van der Waals surface area contributed by atoms with E-state index in [1.807, 2.05) is 20.8 Å². The van der Waals surface area contributed by atoms with E-state index < -0.39 is 17.8 Å². The molecule has 0 aromatic heterocycles. The summed E-state index contributed by atoms with van der Waals surface area (Å²) in [6.45, 7) is 9.91. The number of alkyl carbamates (subject to hydrolysis) is 1. The Morgan fingerprint density at radius 1 is 1.38 bits per heavy atom. The molecule has 2 aliphatic rings. The minimum absolute atomic E-state index is 0.0577. The van der Waals surface area contributed by atoms with Gasteiger partial charge in [0.1, 0.15) is 11.7 Å². The molecule has 0 aliphatic carbocycles.